The highest BCUT2D eigenvalue weighted by Crippen LogP contribution is 2.39. The van der Waals surface area contributed by atoms with Crippen LogP contribution in [0.5, 0.6) is 0 Å². The van der Waals surface area contributed by atoms with Gasteiger partial charge in [0.05, 0.1) is 17.5 Å². The second-order valence-corrected chi connectivity index (χ2v) is 7.96. The predicted molar refractivity (Wildman–Crippen MR) is 98.2 cm³/mol. The SMILES string of the molecule is O=C(O)C[C@H]1CN(S(=O)(=O)/C=C/c2ccc(Cl)cc2)c2ccccc21. The van der Waals surface area contributed by atoms with Crippen molar-refractivity contribution < 1.29 is 18.3 Å². The topological polar surface area (TPSA) is 74.7 Å². The Kier molecular flexibility index (Phi) is 4.83. The van der Waals surface area contributed by atoms with E-state index in [1.807, 2.05) is 0 Å². The zero-order chi connectivity index (χ0) is 18.0. The molecule has 0 saturated carbocycles. The number of para-hydroxylation sites is 1. The van der Waals surface area contributed by atoms with E-state index in [9.17, 15) is 13.2 Å². The van der Waals surface area contributed by atoms with Crippen LogP contribution in [0.4, 0.5) is 5.69 Å². The molecule has 130 valence electrons. The van der Waals surface area contributed by atoms with Gasteiger partial charge < -0.3 is 5.11 Å². The smallest absolute Gasteiger partial charge is 0.304 e. The predicted octanol–water partition coefficient (Wildman–Crippen LogP) is 3.72. The molecule has 25 heavy (non-hydrogen) atoms. The number of carbonyl (C=O) groups is 1. The first-order chi connectivity index (χ1) is 11.9. The number of carboxylic acids is 1. The standard InChI is InChI=1S/C18H16ClNO4S/c19-15-7-5-13(6-8-15)9-10-25(23,24)20-12-14(11-18(21)22)16-3-1-2-4-17(16)20/h1-10,14H,11-12H2,(H,21,22)/b10-9+/t14-/m0/s1. The fourth-order valence-electron chi connectivity index (χ4n) is 2.89. The average molecular weight is 378 g/mol. The molecule has 2 aromatic rings. The van der Waals surface area contributed by atoms with Gasteiger partial charge in [0.15, 0.2) is 0 Å². The van der Waals surface area contributed by atoms with Gasteiger partial charge in [0, 0.05) is 17.5 Å². The Morgan fingerprint density at radius 1 is 1.20 bits per heavy atom. The van der Waals surface area contributed by atoms with Gasteiger partial charge in [0.2, 0.25) is 0 Å². The Morgan fingerprint density at radius 2 is 1.88 bits per heavy atom. The number of aliphatic carboxylic acids is 1. The molecule has 0 bridgehead atoms. The number of hydrogen-bond acceptors (Lipinski definition) is 3. The van der Waals surface area contributed by atoms with Crippen molar-refractivity contribution in [2.45, 2.75) is 12.3 Å². The maximum absolute atomic E-state index is 12.7. The lowest BCUT2D eigenvalue weighted by Crippen LogP contribution is -2.28. The molecule has 0 unspecified atom stereocenters. The van der Waals surface area contributed by atoms with Crippen molar-refractivity contribution in [3.63, 3.8) is 0 Å². The quantitative estimate of drug-likeness (QED) is 0.861. The number of hydrogen-bond donors (Lipinski definition) is 1. The largest absolute Gasteiger partial charge is 0.481 e. The van der Waals surface area contributed by atoms with Crippen molar-refractivity contribution in [1.29, 1.82) is 0 Å². The number of rotatable bonds is 5. The number of anilines is 1. The van der Waals surface area contributed by atoms with Gasteiger partial charge in [-0.25, -0.2) is 8.42 Å². The van der Waals surface area contributed by atoms with Crippen molar-refractivity contribution in [2.24, 2.45) is 0 Å². The van der Waals surface area contributed by atoms with Crippen LogP contribution in [0.1, 0.15) is 23.5 Å². The number of carboxylic acid groups (broad SMARTS) is 1. The molecule has 1 heterocycles. The van der Waals surface area contributed by atoms with Gasteiger partial charge >= 0.3 is 5.97 Å². The summed E-state index contributed by atoms with van der Waals surface area (Å²) >= 11 is 5.82. The number of benzene rings is 2. The molecule has 5 nitrogen and oxygen atoms in total. The summed E-state index contributed by atoms with van der Waals surface area (Å²) in [6, 6.07) is 13.8. The molecule has 0 aliphatic carbocycles. The first-order valence-corrected chi connectivity index (χ1v) is 9.52. The van der Waals surface area contributed by atoms with Crippen LogP contribution in [0.25, 0.3) is 6.08 Å². The lowest BCUT2D eigenvalue weighted by molar-refractivity contribution is -0.137. The summed E-state index contributed by atoms with van der Waals surface area (Å²) < 4.78 is 26.7. The highest BCUT2D eigenvalue weighted by molar-refractivity contribution is 7.95. The molecule has 3 rings (SSSR count). The monoisotopic (exact) mass is 377 g/mol. The molecule has 0 amide bonds. The molecule has 2 aromatic carbocycles. The van der Waals surface area contributed by atoms with Crippen LogP contribution in [-0.4, -0.2) is 26.0 Å². The maximum Gasteiger partial charge on any atom is 0.304 e. The minimum Gasteiger partial charge on any atom is -0.481 e. The van der Waals surface area contributed by atoms with Crippen molar-refractivity contribution >= 4 is 39.4 Å². The third-order valence-electron chi connectivity index (χ3n) is 4.06. The summed E-state index contributed by atoms with van der Waals surface area (Å²) in [6.45, 7) is 0.124. The third kappa shape index (κ3) is 3.86. The Morgan fingerprint density at radius 3 is 2.56 bits per heavy atom. The summed E-state index contributed by atoms with van der Waals surface area (Å²) in [5, 5.41) is 10.8. The van der Waals surface area contributed by atoms with Gasteiger partial charge in [-0.1, -0.05) is 41.9 Å². The van der Waals surface area contributed by atoms with Crippen LogP contribution < -0.4 is 4.31 Å². The summed E-state index contributed by atoms with van der Waals surface area (Å²) in [5.41, 5.74) is 1.99. The molecule has 1 aliphatic heterocycles. The van der Waals surface area contributed by atoms with Crippen LogP contribution in [0.2, 0.25) is 5.02 Å². The van der Waals surface area contributed by atoms with E-state index >= 15 is 0 Å². The first-order valence-electron chi connectivity index (χ1n) is 7.64. The van der Waals surface area contributed by atoms with Gasteiger partial charge in [-0.2, -0.15) is 0 Å². The molecule has 0 spiro atoms. The van der Waals surface area contributed by atoms with Gasteiger partial charge in [-0.15, -0.1) is 0 Å². The van der Waals surface area contributed by atoms with Gasteiger partial charge in [0.1, 0.15) is 0 Å². The van der Waals surface area contributed by atoms with Crippen LogP contribution in [0.3, 0.4) is 0 Å². The molecule has 0 radical (unpaired) electrons. The summed E-state index contributed by atoms with van der Waals surface area (Å²) in [7, 11) is -3.72. The minimum absolute atomic E-state index is 0.107. The Bertz CT molecular complexity index is 922. The second kappa shape index (κ2) is 6.90. The van der Waals surface area contributed by atoms with Gasteiger partial charge in [-0.05, 0) is 35.4 Å². The lowest BCUT2D eigenvalue weighted by atomic mass is 9.98. The molecule has 0 fully saturated rings. The minimum atomic E-state index is -3.72. The molecule has 0 aromatic heterocycles. The van der Waals surface area contributed by atoms with E-state index in [-0.39, 0.29) is 18.9 Å². The Hall–Kier alpha value is -2.31. The third-order valence-corrected chi connectivity index (χ3v) is 5.75. The number of nitrogens with zero attached hydrogens (tertiary/aromatic N) is 1. The zero-order valence-corrected chi connectivity index (χ0v) is 14.7. The van der Waals surface area contributed by atoms with Crippen LogP contribution >= 0.6 is 11.6 Å². The van der Waals surface area contributed by atoms with Crippen LogP contribution in [-0.2, 0) is 14.8 Å². The first kappa shape index (κ1) is 17.5. The molecule has 1 N–H and O–H groups in total. The number of halogens is 1. The van der Waals surface area contributed by atoms with E-state index in [2.05, 4.69) is 0 Å². The van der Waals surface area contributed by atoms with Crippen molar-refractivity contribution in [3.05, 3.63) is 70.1 Å². The fourth-order valence-corrected chi connectivity index (χ4v) is 4.33. The maximum atomic E-state index is 12.7. The normalized spacial score (nSPS) is 17.0. The fraction of sp³-hybridized carbons (Fsp3) is 0.167. The molecule has 1 atom stereocenters. The highest BCUT2D eigenvalue weighted by Gasteiger charge is 2.35. The van der Waals surface area contributed by atoms with E-state index in [4.69, 9.17) is 16.7 Å². The molecular weight excluding hydrogens is 362 g/mol. The Labute approximate surface area is 151 Å². The summed E-state index contributed by atoms with van der Waals surface area (Å²) in [6.07, 6.45) is 1.39. The van der Waals surface area contributed by atoms with Crippen LogP contribution in [0.15, 0.2) is 53.9 Å². The van der Waals surface area contributed by atoms with E-state index in [0.29, 0.717) is 16.3 Å². The Balaban J connectivity index is 1.89. The average Bonchev–Trinajstić information content (AvgIpc) is 2.94. The zero-order valence-electron chi connectivity index (χ0n) is 13.2. The number of sulfonamides is 1. The van der Waals surface area contributed by atoms with E-state index < -0.39 is 16.0 Å². The highest BCUT2D eigenvalue weighted by atomic mass is 35.5. The van der Waals surface area contributed by atoms with Crippen molar-refractivity contribution in [2.75, 3.05) is 10.8 Å². The number of fused-ring (bicyclic) bond motifs is 1. The van der Waals surface area contributed by atoms with Crippen molar-refractivity contribution in [1.82, 2.24) is 0 Å². The molecule has 7 heteroatoms. The summed E-state index contributed by atoms with van der Waals surface area (Å²) in [4.78, 5) is 11.1. The molecule has 0 saturated heterocycles. The molecular formula is C18H16ClNO4S. The van der Waals surface area contributed by atoms with Gasteiger partial charge in [-0.3, -0.25) is 9.10 Å². The van der Waals surface area contributed by atoms with E-state index in [1.54, 1.807) is 48.5 Å². The lowest BCUT2D eigenvalue weighted by Gasteiger charge is -2.17. The van der Waals surface area contributed by atoms with E-state index in [0.717, 1.165) is 11.0 Å². The molecule has 1 aliphatic rings. The van der Waals surface area contributed by atoms with Crippen LogP contribution in [0, 0.1) is 0 Å². The summed E-state index contributed by atoms with van der Waals surface area (Å²) in [5.74, 6) is -1.30. The van der Waals surface area contributed by atoms with E-state index in [1.165, 1.54) is 10.4 Å². The second-order valence-electron chi connectivity index (χ2n) is 5.78. The van der Waals surface area contributed by atoms with Crippen molar-refractivity contribution in [3.8, 4) is 0 Å². The van der Waals surface area contributed by atoms with Gasteiger partial charge in [0.25, 0.3) is 10.0 Å².